The summed E-state index contributed by atoms with van der Waals surface area (Å²) in [4.78, 5) is 27.1. The lowest BCUT2D eigenvalue weighted by Gasteiger charge is -2.21. The van der Waals surface area contributed by atoms with Crippen LogP contribution in [0.5, 0.6) is 0 Å². The molecule has 6 heteroatoms. The maximum absolute atomic E-state index is 11.7. The third kappa shape index (κ3) is 2.63. The Hall–Kier alpha value is -1.01. The molecule has 0 aliphatic carbocycles. The zero-order valence-corrected chi connectivity index (χ0v) is 11.4. The average Bonchev–Trinajstić information content (AvgIpc) is 2.87. The number of thioether (sulfide) groups is 1. The van der Waals surface area contributed by atoms with E-state index in [1.807, 2.05) is 19.1 Å². The second-order valence-corrected chi connectivity index (χ2v) is 6.19. The molecule has 1 aromatic rings. The molecule has 17 heavy (non-hydrogen) atoms. The van der Waals surface area contributed by atoms with Gasteiger partial charge in [-0.15, -0.1) is 23.1 Å². The van der Waals surface area contributed by atoms with Crippen LogP contribution < -0.4 is 5.32 Å². The summed E-state index contributed by atoms with van der Waals surface area (Å²) >= 11 is 3.26. The zero-order chi connectivity index (χ0) is 12.4. The van der Waals surface area contributed by atoms with Gasteiger partial charge in [0.2, 0.25) is 11.8 Å². The Kier molecular flexibility index (Phi) is 3.73. The van der Waals surface area contributed by atoms with E-state index in [1.54, 1.807) is 35.0 Å². The van der Waals surface area contributed by atoms with Crippen LogP contribution in [0.3, 0.4) is 0 Å². The second kappa shape index (κ2) is 5.10. The molecular weight excluding hydrogens is 256 g/mol. The molecule has 1 unspecified atom stereocenters. The highest BCUT2D eigenvalue weighted by molar-refractivity contribution is 8.00. The van der Waals surface area contributed by atoms with Gasteiger partial charge in [0.05, 0.1) is 5.75 Å². The topological polar surface area (TPSA) is 49.4 Å². The van der Waals surface area contributed by atoms with Gasteiger partial charge in [0.15, 0.2) is 0 Å². The molecule has 1 atom stereocenters. The molecule has 0 aromatic carbocycles. The number of aryl methyl sites for hydroxylation is 1. The highest BCUT2D eigenvalue weighted by Crippen LogP contribution is 2.41. The van der Waals surface area contributed by atoms with Gasteiger partial charge < -0.3 is 10.2 Å². The summed E-state index contributed by atoms with van der Waals surface area (Å²) in [5.41, 5.74) is 0. The lowest BCUT2D eigenvalue weighted by Crippen LogP contribution is -2.37. The van der Waals surface area contributed by atoms with Crippen LogP contribution in [0.25, 0.3) is 0 Å². The quantitative estimate of drug-likeness (QED) is 0.902. The lowest BCUT2D eigenvalue weighted by molar-refractivity contribution is -0.133. The number of hydrogen-bond donors (Lipinski definition) is 1. The van der Waals surface area contributed by atoms with Crippen molar-refractivity contribution in [1.82, 2.24) is 10.2 Å². The van der Waals surface area contributed by atoms with Crippen molar-refractivity contribution in [2.24, 2.45) is 0 Å². The summed E-state index contributed by atoms with van der Waals surface area (Å²) in [6.45, 7) is 2.18. The Morgan fingerprint density at radius 1 is 1.59 bits per heavy atom. The summed E-state index contributed by atoms with van der Waals surface area (Å²) in [7, 11) is 1.58. The molecule has 0 bridgehead atoms. The standard InChI is InChI=1S/C11H14N2O2S2/c1-7-3-4-8(17-7)11-13(5-9(14)12-2)10(15)6-16-11/h3-4,11H,5-6H2,1-2H3,(H,12,14). The van der Waals surface area contributed by atoms with Crippen molar-refractivity contribution in [2.75, 3.05) is 19.3 Å². The van der Waals surface area contributed by atoms with Gasteiger partial charge in [-0.25, -0.2) is 0 Å². The molecular formula is C11H14N2O2S2. The molecule has 1 fully saturated rings. The van der Waals surface area contributed by atoms with E-state index in [9.17, 15) is 9.59 Å². The molecule has 1 aliphatic rings. The monoisotopic (exact) mass is 270 g/mol. The van der Waals surface area contributed by atoms with E-state index in [0.29, 0.717) is 5.75 Å². The molecule has 1 N–H and O–H groups in total. The minimum atomic E-state index is -0.126. The largest absolute Gasteiger partial charge is 0.358 e. The molecule has 92 valence electrons. The van der Waals surface area contributed by atoms with Crippen LogP contribution in [0.15, 0.2) is 12.1 Å². The molecule has 1 saturated heterocycles. The van der Waals surface area contributed by atoms with Crippen LogP contribution >= 0.6 is 23.1 Å². The normalized spacial score (nSPS) is 19.8. The summed E-state index contributed by atoms with van der Waals surface area (Å²) in [5, 5.41) is 2.55. The van der Waals surface area contributed by atoms with Gasteiger partial charge in [0, 0.05) is 16.8 Å². The summed E-state index contributed by atoms with van der Waals surface area (Å²) < 4.78 is 0. The van der Waals surface area contributed by atoms with E-state index in [2.05, 4.69) is 5.32 Å². The number of rotatable bonds is 3. The fourth-order valence-corrected chi connectivity index (χ4v) is 3.98. The number of nitrogens with zero attached hydrogens (tertiary/aromatic N) is 1. The van der Waals surface area contributed by atoms with Crippen LogP contribution in [0.1, 0.15) is 15.1 Å². The Morgan fingerprint density at radius 2 is 2.35 bits per heavy atom. The van der Waals surface area contributed by atoms with Gasteiger partial charge in [-0.05, 0) is 19.1 Å². The Balaban J connectivity index is 2.16. The van der Waals surface area contributed by atoms with Gasteiger partial charge in [-0.1, -0.05) is 0 Å². The first-order valence-corrected chi connectivity index (χ1v) is 7.16. The Bertz CT molecular complexity index is 444. The van der Waals surface area contributed by atoms with E-state index in [-0.39, 0.29) is 23.7 Å². The maximum atomic E-state index is 11.7. The van der Waals surface area contributed by atoms with Gasteiger partial charge in [0.1, 0.15) is 11.9 Å². The zero-order valence-electron chi connectivity index (χ0n) is 9.73. The van der Waals surface area contributed by atoms with E-state index >= 15 is 0 Å². The lowest BCUT2D eigenvalue weighted by atomic mass is 10.3. The highest BCUT2D eigenvalue weighted by Gasteiger charge is 2.34. The van der Waals surface area contributed by atoms with E-state index in [4.69, 9.17) is 0 Å². The Labute approximate surface area is 108 Å². The van der Waals surface area contributed by atoms with E-state index < -0.39 is 0 Å². The van der Waals surface area contributed by atoms with Crippen LogP contribution in [0.2, 0.25) is 0 Å². The SMILES string of the molecule is CNC(=O)CN1C(=O)CSC1c1ccc(C)s1. The van der Waals surface area contributed by atoms with Crippen molar-refractivity contribution in [2.45, 2.75) is 12.3 Å². The van der Waals surface area contributed by atoms with Crippen molar-refractivity contribution < 1.29 is 9.59 Å². The average molecular weight is 270 g/mol. The molecule has 0 radical (unpaired) electrons. The van der Waals surface area contributed by atoms with Crippen LogP contribution in [-0.2, 0) is 9.59 Å². The molecule has 1 aliphatic heterocycles. The molecule has 0 saturated carbocycles. The second-order valence-electron chi connectivity index (χ2n) is 3.81. The Morgan fingerprint density at radius 3 is 2.94 bits per heavy atom. The first-order valence-electron chi connectivity index (χ1n) is 5.30. The molecule has 0 spiro atoms. The maximum Gasteiger partial charge on any atom is 0.239 e. The highest BCUT2D eigenvalue weighted by atomic mass is 32.2. The van der Waals surface area contributed by atoms with Crippen molar-refractivity contribution in [3.63, 3.8) is 0 Å². The van der Waals surface area contributed by atoms with Crippen LogP contribution in [-0.4, -0.2) is 36.1 Å². The third-order valence-electron chi connectivity index (χ3n) is 2.57. The number of nitrogens with one attached hydrogen (secondary N) is 1. The number of amides is 2. The first-order chi connectivity index (χ1) is 8.11. The molecule has 2 rings (SSSR count). The van der Waals surface area contributed by atoms with Crippen LogP contribution in [0, 0.1) is 6.92 Å². The number of likely N-dealkylation sites (N-methyl/N-ethyl adjacent to an activating group) is 1. The van der Waals surface area contributed by atoms with Gasteiger partial charge in [0.25, 0.3) is 0 Å². The molecule has 2 heterocycles. The number of hydrogen-bond acceptors (Lipinski definition) is 4. The summed E-state index contributed by atoms with van der Waals surface area (Å²) in [5.74, 6) is 0.368. The summed E-state index contributed by atoms with van der Waals surface area (Å²) in [6.07, 6.45) is 0. The number of carbonyl (C=O) groups excluding carboxylic acids is 2. The van der Waals surface area contributed by atoms with Crippen molar-refractivity contribution in [3.05, 3.63) is 21.9 Å². The van der Waals surface area contributed by atoms with Gasteiger partial charge >= 0.3 is 0 Å². The van der Waals surface area contributed by atoms with Crippen LogP contribution in [0.4, 0.5) is 0 Å². The number of carbonyl (C=O) groups is 2. The van der Waals surface area contributed by atoms with Gasteiger partial charge in [-0.3, -0.25) is 9.59 Å². The van der Waals surface area contributed by atoms with Crippen molar-refractivity contribution in [1.29, 1.82) is 0 Å². The fraction of sp³-hybridized carbons (Fsp3) is 0.455. The molecule has 4 nitrogen and oxygen atoms in total. The van der Waals surface area contributed by atoms with Gasteiger partial charge in [-0.2, -0.15) is 0 Å². The van der Waals surface area contributed by atoms with Crippen molar-refractivity contribution in [3.8, 4) is 0 Å². The minimum Gasteiger partial charge on any atom is -0.358 e. The van der Waals surface area contributed by atoms with E-state index in [1.165, 1.54) is 4.88 Å². The number of thiophene rings is 1. The molecule has 2 amide bonds. The predicted molar refractivity (Wildman–Crippen MR) is 70.0 cm³/mol. The third-order valence-corrected chi connectivity index (χ3v) is 5.01. The fourth-order valence-electron chi connectivity index (χ4n) is 1.68. The van der Waals surface area contributed by atoms with Crippen molar-refractivity contribution >= 4 is 34.9 Å². The predicted octanol–water partition coefficient (Wildman–Crippen LogP) is 1.38. The minimum absolute atomic E-state index is 0.00139. The first kappa shape index (κ1) is 12.4. The smallest absolute Gasteiger partial charge is 0.239 e. The summed E-state index contributed by atoms with van der Waals surface area (Å²) in [6, 6.07) is 4.08. The molecule has 1 aromatic heterocycles. The van der Waals surface area contributed by atoms with E-state index in [0.717, 1.165) is 4.88 Å².